The number of fused-ring (bicyclic) bond motifs is 1. The largest absolute Gasteiger partial charge is 0.337 e. The van der Waals surface area contributed by atoms with E-state index in [9.17, 15) is 4.79 Å². The molecule has 0 saturated carbocycles. The van der Waals surface area contributed by atoms with E-state index in [-0.39, 0.29) is 30.7 Å². The van der Waals surface area contributed by atoms with Crippen LogP contribution in [0.4, 0.5) is 0 Å². The van der Waals surface area contributed by atoms with Crippen molar-refractivity contribution in [3.8, 4) is 10.6 Å². The van der Waals surface area contributed by atoms with Crippen molar-refractivity contribution in [1.29, 1.82) is 0 Å². The van der Waals surface area contributed by atoms with E-state index < -0.39 is 0 Å². The standard InChI is InChI=1S/C16H15Cl2N3OS.2ClH/c17-11-1-2-12(13(18)3-11)15-20-14(8-23-15)16(22)21-6-9-4-19-5-10(9)7-21;;/h1-3,8-10,19H,4-7H2;2*1H/t9-,10+;;. The number of halogens is 4. The molecule has 9 heteroatoms. The van der Waals surface area contributed by atoms with Crippen LogP contribution >= 0.6 is 59.4 Å². The maximum Gasteiger partial charge on any atom is 0.273 e. The Morgan fingerprint density at radius 2 is 1.88 bits per heavy atom. The molecule has 0 radical (unpaired) electrons. The summed E-state index contributed by atoms with van der Waals surface area (Å²) in [4.78, 5) is 19.1. The highest BCUT2D eigenvalue weighted by Crippen LogP contribution is 2.33. The first-order valence-corrected chi connectivity index (χ1v) is 9.16. The number of carbonyl (C=O) groups excluding carboxylic acids is 1. The molecule has 2 aliphatic heterocycles. The predicted molar refractivity (Wildman–Crippen MR) is 108 cm³/mol. The number of hydrogen-bond donors (Lipinski definition) is 1. The van der Waals surface area contributed by atoms with Crippen molar-refractivity contribution in [1.82, 2.24) is 15.2 Å². The summed E-state index contributed by atoms with van der Waals surface area (Å²) < 4.78 is 0. The lowest BCUT2D eigenvalue weighted by Crippen LogP contribution is -2.32. The van der Waals surface area contributed by atoms with Gasteiger partial charge in [0.25, 0.3) is 5.91 Å². The highest BCUT2D eigenvalue weighted by atomic mass is 35.5. The molecule has 2 atom stereocenters. The van der Waals surface area contributed by atoms with E-state index in [0.717, 1.165) is 36.8 Å². The maximum absolute atomic E-state index is 12.7. The number of likely N-dealkylation sites (tertiary alicyclic amines) is 1. The fourth-order valence-corrected chi connectivity index (χ4v) is 4.73. The van der Waals surface area contributed by atoms with Crippen molar-refractivity contribution in [3.05, 3.63) is 39.3 Å². The van der Waals surface area contributed by atoms with Crippen molar-refractivity contribution < 1.29 is 4.79 Å². The molecule has 1 aromatic heterocycles. The van der Waals surface area contributed by atoms with Gasteiger partial charge in [-0.25, -0.2) is 4.98 Å². The maximum atomic E-state index is 12.7. The number of amides is 1. The average Bonchev–Trinajstić information content (AvgIpc) is 3.22. The summed E-state index contributed by atoms with van der Waals surface area (Å²) in [7, 11) is 0. The van der Waals surface area contributed by atoms with E-state index in [0.29, 0.717) is 27.6 Å². The minimum atomic E-state index is 0. The molecule has 1 N–H and O–H groups in total. The van der Waals surface area contributed by atoms with Crippen molar-refractivity contribution >= 4 is 65.3 Å². The van der Waals surface area contributed by atoms with Gasteiger partial charge in [-0.05, 0) is 30.0 Å². The van der Waals surface area contributed by atoms with Crippen LogP contribution in [-0.2, 0) is 0 Å². The first kappa shape index (κ1) is 20.7. The molecule has 25 heavy (non-hydrogen) atoms. The van der Waals surface area contributed by atoms with Gasteiger partial charge < -0.3 is 10.2 Å². The van der Waals surface area contributed by atoms with Crippen LogP contribution in [0.5, 0.6) is 0 Å². The van der Waals surface area contributed by atoms with Gasteiger partial charge in [0.15, 0.2) is 0 Å². The lowest BCUT2D eigenvalue weighted by molar-refractivity contribution is 0.0777. The van der Waals surface area contributed by atoms with Crippen molar-refractivity contribution in [3.63, 3.8) is 0 Å². The third-order valence-corrected chi connectivity index (χ3v) is 5.98. The number of nitrogens with zero attached hydrogens (tertiary/aromatic N) is 2. The third kappa shape index (κ3) is 4.07. The lowest BCUT2D eigenvalue weighted by Gasteiger charge is -2.15. The number of rotatable bonds is 2. The van der Waals surface area contributed by atoms with Crippen LogP contribution in [0.2, 0.25) is 10.0 Å². The zero-order chi connectivity index (χ0) is 16.0. The SMILES string of the molecule is Cl.Cl.O=C(c1csc(-c2ccc(Cl)cc2Cl)n1)N1C[C@H]2CNC[C@H]2C1. The van der Waals surface area contributed by atoms with E-state index in [4.69, 9.17) is 23.2 Å². The highest BCUT2D eigenvalue weighted by molar-refractivity contribution is 7.13. The van der Waals surface area contributed by atoms with E-state index in [1.165, 1.54) is 11.3 Å². The molecule has 2 saturated heterocycles. The van der Waals surface area contributed by atoms with Crippen LogP contribution in [-0.4, -0.2) is 42.0 Å². The Hall–Kier alpha value is -0.560. The highest BCUT2D eigenvalue weighted by Gasteiger charge is 2.38. The predicted octanol–water partition coefficient (Wildman–Crippen LogP) is 4.25. The van der Waals surface area contributed by atoms with Gasteiger partial charge >= 0.3 is 0 Å². The van der Waals surface area contributed by atoms with E-state index in [1.807, 2.05) is 16.3 Å². The Morgan fingerprint density at radius 3 is 2.52 bits per heavy atom. The molecule has 1 aromatic carbocycles. The number of hydrogen-bond acceptors (Lipinski definition) is 4. The lowest BCUT2D eigenvalue weighted by atomic mass is 10.0. The quantitative estimate of drug-likeness (QED) is 0.758. The fraction of sp³-hybridized carbons (Fsp3) is 0.375. The first-order chi connectivity index (χ1) is 11.1. The molecular formula is C16H17Cl4N3OS. The normalized spacial score (nSPS) is 21.4. The Balaban J connectivity index is 0.00000113. The summed E-state index contributed by atoms with van der Waals surface area (Å²) >= 11 is 13.6. The second-order valence-corrected chi connectivity index (χ2v) is 7.75. The minimum Gasteiger partial charge on any atom is -0.337 e. The molecule has 2 aromatic rings. The molecule has 4 nitrogen and oxygen atoms in total. The molecular weight excluding hydrogens is 424 g/mol. The number of aromatic nitrogens is 1. The topological polar surface area (TPSA) is 45.2 Å². The number of benzene rings is 1. The van der Waals surface area contributed by atoms with E-state index in [1.54, 1.807) is 12.1 Å². The second-order valence-electron chi connectivity index (χ2n) is 6.05. The summed E-state index contributed by atoms with van der Waals surface area (Å²) in [6.07, 6.45) is 0. The first-order valence-electron chi connectivity index (χ1n) is 7.53. The van der Waals surface area contributed by atoms with Crippen molar-refractivity contribution in [2.24, 2.45) is 11.8 Å². The Kier molecular flexibility index (Phi) is 6.99. The van der Waals surface area contributed by atoms with E-state index in [2.05, 4.69) is 10.3 Å². The van der Waals surface area contributed by atoms with Crippen molar-refractivity contribution in [2.45, 2.75) is 0 Å². The fourth-order valence-electron chi connectivity index (χ4n) is 3.34. The molecule has 2 fully saturated rings. The summed E-state index contributed by atoms with van der Waals surface area (Å²) in [6, 6.07) is 5.31. The number of carbonyl (C=O) groups is 1. The summed E-state index contributed by atoms with van der Waals surface area (Å²) in [5.41, 5.74) is 1.31. The summed E-state index contributed by atoms with van der Waals surface area (Å²) in [5, 5.41) is 7.08. The van der Waals surface area contributed by atoms with Crippen molar-refractivity contribution in [2.75, 3.05) is 26.2 Å². The molecule has 0 spiro atoms. The van der Waals surface area contributed by atoms with Gasteiger partial charge in [-0.3, -0.25) is 4.79 Å². The molecule has 136 valence electrons. The number of nitrogens with one attached hydrogen (secondary N) is 1. The van der Waals surface area contributed by atoms with E-state index >= 15 is 0 Å². The molecule has 4 rings (SSSR count). The van der Waals surface area contributed by atoms with Crippen LogP contribution in [0.25, 0.3) is 10.6 Å². The summed E-state index contributed by atoms with van der Waals surface area (Å²) in [6.45, 7) is 3.67. The average molecular weight is 441 g/mol. The van der Waals surface area contributed by atoms with Gasteiger partial charge in [-0.2, -0.15) is 0 Å². The zero-order valence-electron chi connectivity index (χ0n) is 13.1. The molecule has 2 aliphatic rings. The van der Waals surface area contributed by atoms with Crippen LogP contribution in [0, 0.1) is 11.8 Å². The van der Waals surface area contributed by atoms with Crippen LogP contribution in [0.3, 0.4) is 0 Å². The van der Waals surface area contributed by atoms with Gasteiger partial charge in [0.05, 0.1) is 5.02 Å². The smallest absolute Gasteiger partial charge is 0.273 e. The van der Waals surface area contributed by atoms with Crippen LogP contribution in [0.1, 0.15) is 10.5 Å². The van der Waals surface area contributed by atoms with Gasteiger partial charge in [0.1, 0.15) is 10.7 Å². The Bertz CT molecular complexity index is 758. The van der Waals surface area contributed by atoms with Gasteiger partial charge in [-0.15, -0.1) is 36.2 Å². The Labute approximate surface area is 172 Å². The molecule has 1 amide bonds. The molecule has 0 aliphatic carbocycles. The Morgan fingerprint density at radius 1 is 1.20 bits per heavy atom. The monoisotopic (exact) mass is 439 g/mol. The summed E-state index contributed by atoms with van der Waals surface area (Å²) in [5.74, 6) is 1.19. The van der Waals surface area contributed by atoms with Gasteiger partial charge in [-0.1, -0.05) is 23.2 Å². The van der Waals surface area contributed by atoms with Gasteiger partial charge in [0, 0.05) is 42.1 Å². The third-order valence-electron chi connectivity index (χ3n) is 4.56. The molecule has 0 unspecified atom stereocenters. The minimum absolute atomic E-state index is 0. The van der Waals surface area contributed by atoms with Gasteiger partial charge in [0.2, 0.25) is 0 Å². The number of thiazole rings is 1. The van der Waals surface area contributed by atoms with Crippen LogP contribution in [0.15, 0.2) is 23.6 Å². The zero-order valence-corrected chi connectivity index (χ0v) is 17.0. The molecule has 3 heterocycles. The second kappa shape index (κ2) is 8.42. The molecule has 0 bridgehead atoms. The van der Waals surface area contributed by atoms with Crippen LogP contribution < -0.4 is 5.32 Å².